The minimum absolute atomic E-state index is 0.139. The lowest BCUT2D eigenvalue weighted by molar-refractivity contribution is 0.101. The molecule has 0 aromatic carbocycles. The molecule has 0 radical (unpaired) electrons. The maximum absolute atomic E-state index is 11.8. The number of nitrogens with one attached hydrogen (secondary N) is 1. The number of carbonyl (C=O) groups is 1. The molecule has 1 amide bonds. The number of rotatable bonds is 2. The number of amides is 1. The van der Waals surface area contributed by atoms with Crippen molar-refractivity contribution in [2.75, 3.05) is 5.43 Å². The quantitative estimate of drug-likeness (QED) is 0.885. The molecule has 0 spiro atoms. The van der Waals surface area contributed by atoms with Crippen LogP contribution in [0.2, 0.25) is 0 Å². The van der Waals surface area contributed by atoms with Gasteiger partial charge in [-0.15, -0.1) is 11.3 Å². The van der Waals surface area contributed by atoms with Gasteiger partial charge in [-0.3, -0.25) is 14.9 Å². The summed E-state index contributed by atoms with van der Waals surface area (Å²) in [6.45, 7) is 0. The predicted molar refractivity (Wildman–Crippen MR) is 67.8 cm³/mol. The Morgan fingerprint density at radius 3 is 2.53 bits per heavy atom. The first kappa shape index (κ1) is 10.9. The zero-order chi connectivity index (χ0) is 10.8. The summed E-state index contributed by atoms with van der Waals surface area (Å²) in [7, 11) is 0. The molecule has 0 aliphatic heterocycles. The van der Waals surface area contributed by atoms with Crippen LogP contribution in [-0.4, -0.2) is 10.6 Å². The Balaban J connectivity index is 2.18. The van der Waals surface area contributed by atoms with Crippen molar-refractivity contribution in [3.8, 4) is 0 Å². The number of thiophene rings is 1. The number of nitrogens with zero attached hydrogens (tertiary/aromatic N) is 1. The topological polar surface area (TPSA) is 34.0 Å². The fourth-order valence-electron chi connectivity index (χ4n) is 1.08. The molecule has 78 valence electrons. The molecule has 0 aliphatic rings. The largest absolute Gasteiger partial charge is 0.272 e. The summed E-state index contributed by atoms with van der Waals surface area (Å²) < 4.78 is 3.35. The lowest BCUT2D eigenvalue weighted by Crippen LogP contribution is -2.21. The predicted octanol–water partition coefficient (Wildman–Crippen LogP) is 3.46. The fraction of sp³-hybridized carbons (Fsp3) is 0. The molecule has 0 atom stereocenters. The van der Waals surface area contributed by atoms with Crippen LogP contribution in [0.3, 0.4) is 0 Å². The average molecular weight is 350 g/mol. The summed E-state index contributed by atoms with van der Waals surface area (Å²) >= 11 is 8.14. The summed E-state index contributed by atoms with van der Waals surface area (Å²) in [5.41, 5.74) is 3.35. The molecule has 0 saturated carbocycles. The van der Waals surface area contributed by atoms with E-state index >= 15 is 0 Å². The monoisotopic (exact) mass is 348 g/mol. The fourth-order valence-corrected chi connectivity index (χ4v) is 3.88. The van der Waals surface area contributed by atoms with Crippen LogP contribution in [0.4, 0.5) is 0 Å². The van der Waals surface area contributed by atoms with Gasteiger partial charge in [-0.25, -0.2) is 0 Å². The Labute approximate surface area is 107 Å². The first-order valence-corrected chi connectivity index (χ1v) is 6.46. The van der Waals surface area contributed by atoms with Gasteiger partial charge in [0.1, 0.15) is 0 Å². The first-order valence-electron chi connectivity index (χ1n) is 4.06. The van der Waals surface area contributed by atoms with E-state index in [1.54, 1.807) is 23.1 Å². The third-order valence-corrected chi connectivity index (χ3v) is 4.08. The first-order chi connectivity index (χ1) is 7.16. The van der Waals surface area contributed by atoms with Crippen LogP contribution in [0.5, 0.6) is 0 Å². The van der Waals surface area contributed by atoms with Crippen LogP contribution in [0.25, 0.3) is 0 Å². The molecule has 6 heteroatoms. The van der Waals surface area contributed by atoms with Gasteiger partial charge in [-0.05, 0) is 50.1 Å². The van der Waals surface area contributed by atoms with E-state index in [1.807, 2.05) is 12.1 Å². The molecule has 0 unspecified atom stereocenters. The zero-order valence-electron chi connectivity index (χ0n) is 7.41. The maximum atomic E-state index is 11.8. The van der Waals surface area contributed by atoms with Gasteiger partial charge in [0, 0.05) is 12.4 Å². The van der Waals surface area contributed by atoms with E-state index in [9.17, 15) is 4.79 Å². The second-order valence-corrected chi connectivity index (χ2v) is 6.52. The summed E-state index contributed by atoms with van der Waals surface area (Å²) in [6, 6.07) is 5.48. The molecule has 0 aliphatic carbocycles. The Kier molecular flexibility index (Phi) is 3.28. The highest BCUT2D eigenvalue weighted by molar-refractivity contribution is 9.12. The van der Waals surface area contributed by atoms with E-state index in [2.05, 4.69) is 37.3 Å². The van der Waals surface area contributed by atoms with Gasteiger partial charge >= 0.3 is 0 Å². The molecule has 2 heterocycles. The molecular formula is C9H6Br2N2OS. The van der Waals surface area contributed by atoms with Gasteiger partial charge in [0.05, 0.1) is 13.1 Å². The van der Waals surface area contributed by atoms with Gasteiger partial charge in [0.15, 0.2) is 0 Å². The average Bonchev–Trinajstić information content (AvgIpc) is 2.75. The number of hydrogen-bond acceptors (Lipinski definition) is 2. The third-order valence-electron chi connectivity index (χ3n) is 1.74. The van der Waals surface area contributed by atoms with Gasteiger partial charge in [-0.2, -0.15) is 0 Å². The minimum Gasteiger partial charge on any atom is -0.268 e. The molecule has 2 aromatic rings. The Bertz CT molecular complexity index is 478. The van der Waals surface area contributed by atoms with Crippen molar-refractivity contribution in [2.45, 2.75) is 0 Å². The lowest BCUT2D eigenvalue weighted by atomic mass is 10.3. The van der Waals surface area contributed by atoms with E-state index in [1.165, 1.54) is 11.3 Å². The Morgan fingerprint density at radius 2 is 2.00 bits per heavy atom. The molecule has 2 rings (SSSR count). The third kappa shape index (κ3) is 2.50. The normalized spacial score (nSPS) is 10.3. The van der Waals surface area contributed by atoms with E-state index in [0.717, 1.165) is 7.57 Å². The summed E-state index contributed by atoms with van der Waals surface area (Å²) in [5.74, 6) is -0.139. The highest BCUT2D eigenvalue weighted by Crippen LogP contribution is 2.31. The van der Waals surface area contributed by atoms with Gasteiger partial charge in [-0.1, -0.05) is 0 Å². The second-order valence-electron chi connectivity index (χ2n) is 2.77. The molecule has 0 bridgehead atoms. The smallest absolute Gasteiger partial charge is 0.268 e. The van der Waals surface area contributed by atoms with Gasteiger partial charge in [0.2, 0.25) is 0 Å². The van der Waals surface area contributed by atoms with Crippen LogP contribution >= 0.6 is 43.2 Å². The van der Waals surface area contributed by atoms with Crippen molar-refractivity contribution in [3.63, 3.8) is 0 Å². The maximum Gasteiger partial charge on any atom is 0.272 e. The van der Waals surface area contributed by atoms with Gasteiger partial charge in [0.25, 0.3) is 5.91 Å². The molecular weight excluding hydrogens is 344 g/mol. The highest BCUT2D eigenvalue weighted by Gasteiger charge is 2.13. The minimum atomic E-state index is -0.139. The van der Waals surface area contributed by atoms with Crippen molar-refractivity contribution >= 4 is 49.1 Å². The highest BCUT2D eigenvalue weighted by atomic mass is 79.9. The zero-order valence-corrected chi connectivity index (χ0v) is 11.4. The lowest BCUT2D eigenvalue weighted by Gasteiger charge is -2.04. The number of hydrogen-bond donors (Lipinski definition) is 1. The molecule has 3 nitrogen and oxygen atoms in total. The standard InChI is InChI=1S/C9H6Br2N2OS/c10-7-5-6(8(11)15-7)9(14)12-13-3-1-2-4-13/h1-5H,(H,12,14). The molecule has 0 saturated heterocycles. The van der Waals surface area contributed by atoms with Crippen molar-refractivity contribution < 1.29 is 4.79 Å². The van der Waals surface area contributed by atoms with Crippen LogP contribution in [0, 0.1) is 0 Å². The summed E-state index contributed by atoms with van der Waals surface area (Å²) in [5, 5.41) is 0. The van der Waals surface area contributed by atoms with Crippen molar-refractivity contribution in [1.29, 1.82) is 0 Å². The van der Waals surface area contributed by atoms with E-state index in [-0.39, 0.29) is 5.91 Å². The number of carbonyl (C=O) groups excluding carboxylic acids is 1. The Hall–Kier alpha value is -0.590. The summed E-state index contributed by atoms with van der Waals surface area (Å²) in [4.78, 5) is 11.8. The number of halogens is 2. The van der Waals surface area contributed by atoms with Crippen molar-refractivity contribution in [3.05, 3.63) is 43.7 Å². The second kappa shape index (κ2) is 4.51. The van der Waals surface area contributed by atoms with Gasteiger partial charge < -0.3 is 0 Å². The van der Waals surface area contributed by atoms with Crippen molar-refractivity contribution in [2.24, 2.45) is 0 Å². The van der Waals surface area contributed by atoms with E-state index in [0.29, 0.717) is 5.56 Å². The van der Waals surface area contributed by atoms with Crippen LogP contribution in [-0.2, 0) is 0 Å². The SMILES string of the molecule is O=C(Nn1cccc1)c1cc(Br)sc1Br. The molecule has 2 aromatic heterocycles. The molecule has 0 fully saturated rings. The molecule has 1 N–H and O–H groups in total. The number of aromatic nitrogens is 1. The Morgan fingerprint density at radius 1 is 1.33 bits per heavy atom. The van der Waals surface area contributed by atoms with Crippen LogP contribution in [0.15, 0.2) is 38.2 Å². The van der Waals surface area contributed by atoms with Crippen LogP contribution < -0.4 is 5.43 Å². The van der Waals surface area contributed by atoms with Crippen molar-refractivity contribution in [1.82, 2.24) is 4.68 Å². The van der Waals surface area contributed by atoms with E-state index < -0.39 is 0 Å². The van der Waals surface area contributed by atoms with Crippen LogP contribution in [0.1, 0.15) is 10.4 Å². The van der Waals surface area contributed by atoms with E-state index in [4.69, 9.17) is 0 Å². The molecule has 15 heavy (non-hydrogen) atoms. The summed E-state index contributed by atoms with van der Waals surface area (Å²) in [6.07, 6.45) is 3.54.